The Labute approximate surface area is 104 Å². The van der Waals surface area contributed by atoms with E-state index in [-0.39, 0.29) is 23.3 Å². The molecule has 1 N–H and O–H groups in total. The molecule has 1 rings (SSSR count). The van der Waals surface area contributed by atoms with Crippen molar-refractivity contribution in [1.29, 1.82) is 0 Å². The highest BCUT2D eigenvalue weighted by molar-refractivity contribution is 5.63. The molecular formula is C12H8F6O. The molecule has 0 aliphatic rings. The second-order valence-electron chi connectivity index (χ2n) is 3.57. The summed E-state index contributed by atoms with van der Waals surface area (Å²) in [7, 11) is 0. The van der Waals surface area contributed by atoms with E-state index in [9.17, 15) is 31.4 Å². The number of phenols is 1. The van der Waals surface area contributed by atoms with Crippen LogP contribution < -0.4 is 0 Å². The zero-order chi connectivity index (χ0) is 14.7. The van der Waals surface area contributed by atoms with Crippen molar-refractivity contribution in [3.63, 3.8) is 0 Å². The molecule has 0 saturated carbocycles. The van der Waals surface area contributed by atoms with Gasteiger partial charge in [-0.15, -0.1) is 0 Å². The minimum Gasteiger partial charge on any atom is -0.507 e. The van der Waals surface area contributed by atoms with Crippen molar-refractivity contribution in [2.24, 2.45) is 0 Å². The van der Waals surface area contributed by atoms with E-state index in [1.165, 1.54) is 0 Å². The second-order valence-corrected chi connectivity index (χ2v) is 3.57. The van der Waals surface area contributed by atoms with Gasteiger partial charge in [0.2, 0.25) is 0 Å². The highest BCUT2D eigenvalue weighted by Gasteiger charge is 2.23. The van der Waals surface area contributed by atoms with Crippen LogP contribution >= 0.6 is 0 Å². The van der Waals surface area contributed by atoms with Crippen LogP contribution in [0.4, 0.5) is 26.3 Å². The second kappa shape index (κ2) is 5.38. The fourth-order valence-corrected chi connectivity index (χ4v) is 1.19. The third kappa shape index (κ3) is 5.98. The van der Waals surface area contributed by atoms with Gasteiger partial charge in [-0.1, -0.05) is 12.1 Å². The Morgan fingerprint density at radius 3 is 1.89 bits per heavy atom. The molecule has 0 heterocycles. The first kappa shape index (κ1) is 15.1. The number of benzene rings is 1. The van der Waals surface area contributed by atoms with Gasteiger partial charge in [0.1, 0.15) is 5.75 Å². The Hall–Kier alpha value is -1.92. The Balaban J connectivity index is 3.02. The summed E-state index contributed by atoms with van der Waals surface area (Å²) in [6.07, 6.45) is -7.95. The van der Waals surface area contributed by atoms with Gasteiger partial charge in [-0.05, 0) is 23.8 Å². The van der Waals surface area contributed by atoms with Gasteiger partial charge in [0.15, 0.2) is 0 Å². The van der Waals surface area contributed by atoms with Crippen LogP contribution in [-0.4, -0.2) is 17.5 Å². The van der Waals surface area contributed by atoms with Gasteiger partial charge in [0, 0.05) is 17.7 Å². The van der Waals surface area contributed by atoms with E-state index in [4.69, 9.17) is 0 Å². The van der Waals surface area contributed by atoms with Crippen molar-refractivity contribution in [2.75, 3.05) is 0 Å². The van der Waals surface area contributed by atoms with E-state index in [2.05, 4.69) is 0 Å². The quantitative estimate of drug-likeness (QED) is 0.789. The Morgan fingerprint density at radius 2 is 1.37 bits per heavy atom. The van der Waals surface area contributed by atoms with Gasteiger partial charge in [-0.2, -0.15) is 26.3 Å². The molecule has 0 radical (unpaired) electrons. The molecule has 0 saturated heterocycles. The van der Waals surface area contributed by atoms with Crippen LogP contribution in [-0.2, 0) is 0 Å². The van der Waals surface area contributed by atoms with E-state index in [1.54, 1.807) is 0 Å². The molecule has 1 nitrogen and oxygen atoms in total. The summed E-state index contributed by atoms with van der Waals surface area (Å²) >= 11 is 0. The summed E-state index contributed by atoms with van der Waals surface area (Å²) in [5.41, 5.74) is -0.196. The van der Waals surface area contributed by atoms with Gasteiger partial charge in [-0.3, -0.25) is 0 Å². The predicted molar refractivity (Wildman–Crippen MR) is 58.3 cm³/mol. The molecular weight excluding hydrogens is 274 g/mol. The molecule has 0 bridgehead atoms. The van der Waals surface area contributed by atoms with Crippen LogP contribution in [0.5, 0.6) is 5.75 Å². The summed E-state index contributed by atoms with van der Waals surface area (Å²) in [5.74, 6) is -0.454. The lowest BCUT2D eigenvalue weighted by Gasteiger charge is -2.03. The van der Waals surface area contributed by atoms with Gasteiger partial charge in [-0.25, -0.2) is 0 Å². The topological polar surface area (TPSA) is 20.2 Å². The lowest BCUT2D eigenvalue weighted by Crippen LogP contribution is -2.00. The van der Waals surface area contributed by atoms with Crippen LogP contribution in [0.15, 0.2) is 30.4 Å². The Morgan fingerprint density at radius 1 is 0.842 bits per heavy atom. The number of allylic oxidation sites excluding steroid dienone is 2. The standard InChI is InChI=1S/C12H8F6O/c13-11(14,15)5-3-8-1-2-10(19)9(7-8)4-6-12(16,17)18/h1-7,19H/b5-3+,6-4+. The normalized spacial score (nSPS) is 13.6. The maximum Gasteiger partial charge on any atom is 0.409 e. The fourth-order valence-electron chi connectivity index (χ4n) is 1.19. The Kier molecular flexibility index (Phi) is 4.28. The molecule has 0 unspecified atom stereocenters. The van der Waals surface area contributed by atoms with E-state index in [0.29, 0.717) is 12.2 Å². The summed E-state index contributed by atoms with van der Waals surface area (Å²) in [6, 6.07) is 3.19. The average Bonchev–Trinajstić information content (AvgIpc) is 2.24. The van der Waals surface area contributed by atoms with Crippen molar-refractivity contribution >= 4 is 12.2 Å². The zero-order valence-corrected chi connectivity index (χ0v) is 9.26. The highest BCUT2D eigenvalue weighted by atomic mass is 19.4. The molecule has 1 aromatic rings. The number of hydrogen-bond acceptors (Lipinski definition) is 1. The summed E-state index contributed by atoms with van der Waals surface area (Å²) in [6.45, 7) is 0. The van der Waals surface area contributed by atoms with E-state index < -0.39 is 18.1 Å². The van der Waals surface area contributed by atoms with Crippen LogP contribution in [0.2, 0.25) is 0 Å². The van der Waals surface area contributed by atoms with E-state index in [0.717, 1.165) is 18.2 Å². The number of halogens is 6. The first-order valence-electron chi connectivity index (χ1n) is 4.92. The third-order valence-electron chi connectivity index (χ3n) is 1.97. The molecule has 0 amide bonds. The minimum absolute atomic E-state index is 0.0250. The average molecular weight is 282 g/mol. The molecule has 0 fully saturated rings. The SMILES string of the molecule is Oc1ccc(/C=C/C(F)(F)F)cc1/C=C/C(F)(F)F. The van der Waals surface area contributed by atoms with Crippen molar-refractivity contribution in [1.82, 2.24) is 0 Å². The number of aromatic hydroxyl groups is 1. The number of rotatable bonds is 2. The summed E-state index contributed by atoms with van der Waals surface area (Å²) in [5, 5.41) is 9.29. The number of phenolic OH excluding ortho intramolecular Hbond substituents is 1. The first-order valence-corrected chi connectivity index (χ1v) is 4.92. The molecule has 19 heavy (non-hydrogen) atoms. The minimum atomic E-state index is -4.57. The summed E-state index contributed by atoms with van der Waals surface area (Å²) in [4.78, 5) is 0. The molecule has 0 atom stereocenters. The largest absolute Gasteiger partial charge is 0.507 e. The molecule has 0 spiro atoms. The first-order chi connectivity index (χ1) is 8.57. The lowest BCUT2D eigenvalue weighted by atomic mass is 10.1. The molecule has 0 aliphatic carbocycles. The predicted octanol–water partition coefficient (Wildman–Crippen LogP) is 4.54. The van der Waals surface area contributed by atoms with E-state index in [1.807, 2.05) is 0 Å². The van der Waals surface area contributed by atoms with Gasteiger partial charge < -0.3 is 5.11 Å². The van der Waals surface area contributed by atoms with Gasteiger partial charge in [0.05, 0.1) is 0 Å². The van der Waals surface area contributed by atoms with E-state index >= 15 is 0 Å². The molecule has 0 aliphatic heterocycles. The van der Waals surface area contributed by atoms with Crippen molar-refractivity contribution < 1.29 is 31.4 Å². The zero-order valence-electron chi connectivity index (χ0n) is 9.26. The fraction of sp³-hybridized carbons (Fsp3) is 0.167. The smallest absolute Gasteiger partial charge is 0.409 e. The van der Waals surface area contributed by atoms with Gasteiger partial charge >= 0.3 is 12.4 Å². The van der Waals surface area contributed by atoms with Gasteiger partial charge in [0.25, 0.3) is 0 Å². The highest BCUT2D eigenvalue weighted by Crippen LogP contribution is 2.25. The maximum absolute atomic E-state index is 11.9. The number of alkyl halides is 6. The van der Waals surface area contributed by atoms with Crippen molar-refractivity contribution in [3.05, 3.63) is 41.5 Å². The van der Waals surface area contributed by atoms with Crippen molar-refractivity contribution in [3.8, 4) is 5.75 Å². The molecule has 0 aromatic heterocycles. The maximum atomic E-state index is 11.9. The van der Waals surface area contributed by atoms with Crippen LogP contribution in [0.3, 0.4) is 0 Å². The number of hydrogen-bond donors (Lipinski definition) is 1. The molecule has 1 aromatic carbocycles. The van der Waals surface area contributed by atoms with Crippen LogP contribution in [0.25, 0.3) is 12.2 Å². The van der Waals surface area contributed by atoms with Crippen LogP contribution in [0.1, 0.15) is 11.1 Å². The molecule has 104 valence electrons. The van der Waals surface area contributed by atoms with Crippen LogP contribution in [0, 0.1) is 0 Å². The lowest BCUT2D eigenvalue weighted by molar-refractivity contribution is -0.0800. The third-order valence-corrected chi connectivity index (χ3v) is 1.97. The summed E-state index contributed by atoms with van der Waals surface area (Å²) < 4.78 is 71.6. The Bertz CT molecular complexity index is 496. The van der Waals surface area contributed by atoms with Crippen molar-refractivity contribution in [2.45, 2.75) is 12.4 Å². The monoisotopic (exact) mass is 282 g/mol. The molecule has 7 heteroatoms.